The van der Waals surface area contributed by atoms with Crippen LogP contribution in [0.1, 0.15) is 39.2 Å². The van der Waals surface area contributed by atoms with Gasteiger partial charge in [0, 0.05) is 25.0 Å². The molecule has 1 aliphatic rings. The molecule has 3 atom stereocenters. The number of likely N-dealkylation sites (tertiary alicyclic amines) is 1. The Hall–Kier alpha value is -1.35. The van der Waals surface area contributed by atoms with Gasteiger partial charge in [-0.1, -0.05) is 44.2 Å². The van der Waals surface area contributed by atoms with Gasteiger partial charge in [0.15, 0.2) is 0 Å². The van der Waals surface area contributed by atoms with Crippen LogP contribution in [0, 0.1) is 11.8 Å². The summed E-state index contributed by atoms with van der Waals surface area (Å²) in [7, 11) is 0. The van der Waals surface area contributed by atoms with Crippen molar-refractivity contribution >= 4 is 5.91 Å². The molecule has 1 aromatic carbocycles. The number of rotatable bonds is 6. The van der Waals surface area contributed by atoms with Crippen LogP contribution in [-0.4, -0.2) is 29.9 Å². The number of nitrogens with one attached hydrogen (secondary N) is 1. The average Bonchev–Trinajstić information content (AvgIpc) is 2.96. The van der Waals surface area contributed by atoms with Gasteiger partial charge in [0.25, 0.3) is 0 Å². The number of nitrogens with zero attached hydrogens (tertiary/aromatic N) is 1. The first-order valence-corrected chi connectivity index (χ1v) is 8.16. The summed E-state index contributed by atoms with van der Waals surface area (Å²) in [6.45, 7) is 9.44. The first kappa shape index (κ1) is 16.0. The van der Waals surface area contributed by atoms with Crippen molar-refractivity contribution in [3.63, 3.8) is 0 Å². The quantitative estimate of drug-likeness (QED) is 0.872. The predicted molar refractivity (Wildman–Crippen MR) is 86.9 cm³/mol. The van der Waals surface area contributed by atoms with Gasteiger partial charge >= 0.3 is 0 Å². The third kappa shape index (κ3) is 4.57. The molecule has 0 saturated carbocycles. The SMILES string of the molecule is CCC(C)C(=O)NC(C)C1CCN(Cc2ccccc2)C1. The van der Waals surface area contributed by atoms with E-state index in [1.54, 1.807) is 0 Å². The molecule has 1 aliphatic heterocycles. The maximum Gasteiger partial charge on any atom is 0.223 e. The van der Waals surface area contributed by atoms with Crippen LogP contribution in [0.5, 0.6) is 0 Å². The summed E-state index contributed by atoms with van der Waals surface area (Å²) in [6.07, 6.45) is 2.08. The van der Waals surface area contributed by atoms with Crippen molar-refractivity contribution in [2.75, 3.05) is 13.1 Å². The molecule has 0 aromatic heterocycles. The van der Waals surface area contributed by atoms with Gasteiger partial charge in [-0.15, -0.1) is 0 Å². The standard InChI is InChI=1S/C18H28N2O/c1-4-14(2)18(21)19-15(3)17-10-11-20(13-17)12-16-8-6-5-7-9-16/h5-9,14-15,17H,4,10-13H2,1-3H3,(H,19,21). The molecule has 0 bridgehead atoms. The van der Waals surface area contributed by atoms with Crippen LogP contribution in [0.25, 0.3) is 0 Å². The van der Waals surface area contributed by atoms with E-state index in [0.29, 0.717) is 5.92 Å². The fraction of sp³-hybridized carbons (Fsp3) is 0.611. The zero-order valence-corrected chi connectivity index (χ0v) is 13.5. The molecule has 2 rings (SSSR count). The van der Waals surface area contributed by atoms with Gasteiger partial charge < -0.3 is 5.32 Å². The Kier molecular flexibility index (Phi) is 5.80. The van der Waals surface area contributed by atoms with E-state index in [2.05, 4.69) is 54.4 Å². The average molecular weight is 288 g/mol. The Bertz CT molecular complexity index is 446. The van der Waals surface area contributed by atoms with Crippen molar-refractivity contribution < 1.29 is 4.79 Å². The molecule has 3 heteroatoms. The van der Waals surface area contributed by atoms with E-state index in [-0.39, 0.29) is 17.9 Å². The van der Waals surface area contributed by atoms with Gasteiger partial charge in [0.1, 0.15) is 0 Å². The summed E-state index contributed by atoms with van der Waals surface area (Å²) >= 11 is 0. The third-order valence-corrected chi connectivity index (χ3v) is 4.69. The lowest BCUT2D eigenvalue weighted by atomic mass is 9.99. The maximum absolute atomic E-state index is 12.0. The van der Waals surface area contributed by atoms with Gasteiger partial charge in [0.2, 0.25) is 5.91 Å². The molecule has 0 aliphatic carbocycles. The van der Waals surface area contributed by atoms with Crippen molar-refractivity contribution in [3.05, 3.63) is 35.9 Å². The minimum absolute atomic E-state index is 0.120. The van der Waals surface area contributed by atoms with Crippen LogP contribution in [0.2, 0.25) is 0 Å². The largest absolute Gasteiger partial charge is 0.353 e. The van der Waals surface area contributed by atoms with E-state index >= 15 is 0 Å². The Balaban J connectivity index is 1.80. The molecule has 1 aromatic rings. The highest BCUT2D eigenvalue weighted by molar-refractivity contribution is 5.78. The highest BCUT2D eigenvalue weighted by atomic mass is 16.1. The molecule has 1 amide bonds. The second-order valence-electron chi connectivity index (χ2n) is 6.38. The lowest BCUT2D eigenvalue weighted by Gasteiger charge is -2.23. The number of benzene rings is 1. The van der Waals surface area contributed by atoms with Crippen molar-refractivity contribution in [2.24, 2.45) is 11.8 Å². The second-order valence-corrected chi connectivity index (χ2v) is 6.38. The third-order valence-electron chi connectivity index (χ3n) is 4.69. The lowest BCUT2D eigenvalue weighted by Crippen LogP contribution is -2.41. The first-order valence-electron chi connectivity index (χ1n) is 8.16. The normalized spacial score (nSPS) is 22.0. The molecule has 3 unspecified atom stereocenters. The molecule has 116 valence electrons. The van der Waals surface area contributed by atoms with E-state index < -0.39 is 0 Å². The maximum atomic E-state index is 12.0. The molecule has 1 N–H and O–H groups in total. The molecule has 0 radical (unpaired) electrons. The lowest BCUT2D eigenvalue weighted by molar-refractivity contribution is -0.125. The summed E-state index contributed by atoms with van der Waals surface area (Å²) in [5.74, 6) is 0.891. The summed E-state index contributed by atoms with van der Waals surface area (Å²) in [5.41, 5.74) is 1.37. The van der Waals surface area contributed by atoms with E-state index in [1.807, 2.05) is 6.92 Å². The monoisotopic (exact) mass is 288 g/mol. The highest BCUT2D eigenvalue weighted by Crippen LogP contribution is 2.22. The number of carbonyl (C=O) groups excluding carboxylic acids is 1. The summed E-state index contributed by atoms with van der Waals surface area (Å²) in [6, 6.07) is 10.9. The molecule has 1 heterocycles. The van der Waals surface area contributed by atoms with Crippen LogP contribution in [0.3, 0.4) is 0 Å². The smallest absolute Gasteiger partial charge is 0.223 e. The van der Waals surface area contributed by atoms with Crippen LogP contribution < -0.4 is 5.32 Å². The molecule has 1 fully saturated rings. The minimum atomic E-state index is 0.120. The zero-order chi connectivity index (χ0) is 15.2. The molecular weight excluding hydrogens is 260 g/mol. The highest BCUT2D eigenvalue weighted by Gasteiger charge is 2.28. The van der Waals surface area contributed by atoms with Gasteiger partial charge in [-0.25, -0.2) is 0 Å². The van der Waals surface area contributed by atoms with Crippen molar-refractivity contribution in [2.45, 2.75) is 46.2 Å². The summed E-state index contributed by atoms with van der Waals surface area (Å²) in [4.78, 5) is 14.5. The first-order chi connectivity index (χ1) is 10.1. The molecule has 1 saturated heterocycles. The van der Waals surface area contributed by atoms with E-state index in [4.69, 9.17) is 0 Å². The zero-order valence-electron chi connectivity index (χ0n) is 13.5. The second kappa shape index (κ2) is 7.60. The topological polar surface area (TPSA) is 32.3 Å². The predicted octanol–water partition coefficient (Wildman–Crippen LogP) is 3.06. The van der Waals surface area contributed by atoms with Crippen LogP contribution in [-0.2, 0) is 11.3 Å². The fourth-order valence-corrected chi connectivity index (χ4v) is 2.93. The van der Waals surface area contributed by atoms with Crippen LogP contribution >= 0.6 is 0 Å². The van der Waals surface area contributed by atoms with Gasteiger partial charge in [-0.2, -0.15) is 0 Å². The summed E-state index contributed by atoms with van der Waals surface area (Å²) in [5, 5.41) is 3.19. The number of carbonyl (C=O) groups is 1. The Morgan fingerprint density at radius 3 is 2.71 bits per heavy atom. The number of amides is 1. The van der Waals surface area contributed by atoms with Gasteiger partial charge in [-0.05, 0) is 37.8 Å². The van der Waals surface area contributed by atoms with Crippen LogP contribution in [0.4, 0.5) is 0 Å². The molecule has 21 heavy (non-hydrogen) atoms. The summed E-state index contributed by atoms with van der Waals surface area (Å²) < 4.78 is 0. The van der Waals surface area contributed by atoms with E-state index in [0.717, 1.165) is 26.1 Å². The van der Waals surface area contributed by atoms with Crippen molar-refractivity contribution in [1.82, 2.24) is 10.2 Å². The van der Waals surface area contributed by atoms with Crippen LogP contribution in [0.15, 0.2) is 30.3 Å². The molecule has 3 nitrogen and oxygen atoms in total. The minimum Gasteiger partial charge on any atom is -0.353 e. The Morgan fingerprint density at radius 1 is 1.33 bits per heavy atom. The molecule has 0 spiro atoms. The molecular formula is C18H28N2O. The number of hydrogen-bond donors (Lipinski definition) is 1. The number of hydrogen-bond acceptors (Lipinski definition) is 2. The van der Waals surface area contributed by atoms with Crippen molar-refractivity contribution in [1.29, 1.82) is 0 Å². The Labute approximate surface area is 128 Å². The van der Waals surface area contributed by atoms with Gasteiger partial charge in [-0.3, -0.25) is 9.69 Å². The van der Waals surface area contributed by atoms with Gasteiger partial charge in [0.05, 0.1) is 0 Å². The Morgan fingerprint density at radius 2 is 2.05 bits per heavy atom. The van der Waals surface area contributed by atoms with E-state index in [1.165, 1.54) is 12.0 Å². The van der Waals surface area contributed by atoms with E-state index in [9.17, 15) is 4.79 Å². The fourth-order valence-electron chi connectivity index (χ4n) is 2.93. The van der Waals surface area contributed by atoms with Crippen molar-refractivity contribution in [3.8, 4) is 0 Å².